The van der Waals surface area contributed by atoms with Gasteiger partial charge in [0.2, 0.25) is 0 Å². The van der Waals surface area contributed by atoms with E-state index in [1.165, 1.54) is 11.8 Å². The second-order valence-electron chi connectivity index (χ2n) is 6.79. The van der Waals surface area contributed by atoms with Crippen LogP contribution in [0.2, 0.25) is 0 Å². The molecule has 4 aromatic rings. The second-order valence-corrected chi connectivity index (χ2v) is 7.73. The molecule has 0 saturated heterocycles. The van der Waals surface area contributed by atoms with E-state index in [4.69, 9.17) is 9.47 Å². The summed E-state index contributed by atoms with van der Waals surface area (Å²) in [6.45, 7) is 0. The minimum absolute atomic E-state index is 0.0321. The van der Waals surface area contributed by atoms with Gasteiger partial charge in [-0.3, -0.25) is 9.36 Å². The molecule has 2 heterocycles. The van der Waals surface area contributed by atoms with Gasteiger partial charge in [-0.1, -0.05) is 23.9 Å². The molecule has 0 radical (unpaired) electrons. The minimum atomic E-state index is 0.0321. The second kappa shape index (κ2) is 9.09. The number of carbonyl (C=O) groups excluding carboxylic acids is 1. The van der Waals surface area contributed by atoms with Crippen LogP contribution in [-0.4, -0.2) is 45.1 Å². The zero-order valence-corrected chi connectivity index (χ0v) is 18.3. The molecule has 0 spiro atoms. The van der Waals surface area contributed by atoms with Crippen molar-refractivity contribution in [3.63, 3.8) is 0 Å². The van der Waals surface area contributed by atoms with Gasteiger partial charge in [0, 0.05) is 24.5 Å². The molecule has 0 aliphatic carbocycles. The highest BCUT2D eigenvalue weighted by atomic mass is 32.2. The molecule has 0 aliphatic rings. The van der Waals surface area contributed by atoms with Crippen LogP contribution in [0.25, 0.3) is 17.1 Å². The molecule has 2 aromatic heterocycles. The van der Waals surface area contributed by atoms with E-state index in [0.717, 1.165) is 22.7 Å². The van der Waals surface area contributed by atoms with Crippen LogP contribution in [0.1, 0.15) is 10.5 Å². The Balaban J connectivity index is 1.71. The Bertz CT molecular complexity index is 1200. The molecule has 158 valence electrons. The van der Waals surface area contributed by atoms with E-state index in [0.29, 0.717) is 16.7 Å². The lowest BCUT2D eigenvalue weighted by Crippen LogP contribution is -2.09. The first-order chi connectivity index (χ1) is 15.1. The van der Waals surface area contributed by atoms with Gasteiger partial charge in [-0.15, -0.1) is 10.2 Å². The third-order valence-corrected chi connectivity index (χ3v) is 5.78. The van der Waals surface area contributed by atoms with Gasteiger partial charge >= 0.3 is 0 Å². The van der Waals surface area contributed by atoms with E-state index in [2.05, 4.69) is 10.2 Å². The Morgan fingerprint density at radius 3 is 2.42 bits per heavy atom. The molecule has 0 bridgehead atoms. The van der Waals surface area contributed by atoms with Crippen molar-refractivity contribution in [3.05, 3.63) is 72.6 Å². The molecule has 0 aliphatic heterocycles. The number of hydrogen-bond donors (Lipinski definition) is 0. The SMILES string of the molecule is COc1ccc(-n2c(SCC(=O)c3cccn3C)nnc2-c2cccc(OC)c2)cc1. The van der Waals surface area contributed by atoms with Gasteiger partial charge in [-0.25, -0.2) is 0 Å². The molecule has 8 heteroatoms. The standard InChI is InChI=1S/C23H22N4O3S/c1-26-13-5-8-20(26)21(28)15-31-23-25-24-22(16-6-4-7-19(14-16)30-3)27(23)17-9-11-18(29-2)12-10-17/h4-14H,15H2,1-3H3. The molecule has 2 aromatic carbocycles. The number of hydrogen-bond acceptors (Lipinski definition) is 6. The lowest BCUT2D eigenvalue weighted by molar-refractivity contribution is 0.101. The van der Waals surface area contributed by atoms with Crippen LogP contribution in [-0.2, 0) is 7.05 Å². The molecular formula is C23H22N4O3S. The number of Topliss-reactive ketones (excluding diaryl/α,β-unsaturated/α-hetero) is 1. The quantitative estimate of drug-likeness (QED) is 0.305. The molecule has 7 nitrogen and oxygen atoms in total. The predicted molar refractivity (Wildman–Crippen MR) is 120 cm³/mol. The summed E-state index contributed by atoms with van der Waals surface area (Å²) in [4.78, 5) is 12.7. The largest absolute Gasteiger partial charge is 0.497 e. The van der Waals surface area contributed by atoms with Crippen LogP contribution in [0.4, 0.5) is 0 Å². The smallest absolute Gasteiger partial charge is 0.196 e. The number of thioether (sulfide) groups is 1. The van der Waals surface area contributed by atoms with E-state index >= 15 is 0 Å². The fourth-order valence-electron chi connectivity index (χ4n) is 3.23. The topological polar surface area (TPSA) is 71.2 Å². The number of nitrogens with zero attached hydrogens (tertiary/aromatic N) is 4. The van der Waals surface area contributed by atoms with Gasteiger partial charge in [-0.05, 0) is 48.5 Å². The van der Waals surface area contributed by atoms with Gasteiger partial charge in [-0.2, -0.15) is 0 Å². The highest BCUT2D eigenvalue weighted by Crippen LogP contribution is 2.30. The van der Waals surface area contributed by atoms with Gasteiger partial charge in [0.05, 0.1) is 25.7 Å². The van der Waals surface area contributed by atoms with E-state index in [1.807, 2.05) is 83.0 Å². The first kappa shape index (κ1) is 20.7. The fraction of sp³-hybridized carbons (Fsp3) is 0.174. The Labute approximate surface area is 184 Å². The van der Waals surface area contributed by atoms with Crippen molar-refractivity contribution in [1.29, 1.82) is 0 Å². The molecular weight excluding hydrogens is 412 g/mol. The lowest BCUT2D eigenvalue weighted by atomic mass is 10.2. The Hall–Kier alpha value is -3.52. The summed E-state index contributed by atoms with van der Waals surface area (Å²) in [5.74, 6) is 2.44. The van der Waals surface area contributed by atoms with Crippen molar-refractivity contribution >= 4 is 17.5 Å². The van der Waals surface area contributed by atoms with Gasteiger partial charge in [0.15, 0.2) is 16.8 Å². The predicted octanol–water partition coefficient (Wildman–Crippen LogP) is 4.27. The van der Waals surface area contributed by atoms with Crippen molar-refractivity contribution in [2.75, 3.05) is 20.0 Å². The monoisotopic (exact) mass is 434 g/mol. The Morgan fingerprint density at radius 2 is 1.74 bits per heavy atom. The van der Waals surface area contributed by atoms with Gasteiger partial charge in [0.25, 0.3) is 0 Å². The minimum Gasteiger partial charge on any atom is -0.497 e. The number of aryl methyl sites for hydroxylation is 1. The number of rotatable bonds is 8. The summed E-state index contributed by atoms with van der Waals surface area (Å²) < 4.78 is 14.4. The van der Waals surface area contributed by atoms with Crippen LogP contribution in [0.3, 0.4) is 0 Å². The maximum atomic E-state index is 12.7. The third-order valence-electron chi connectivity index (χ3n) is 4.85. The van der Waals surface area contributed by atoms with Crippen molar-refractivity contribution in [1.82, 2.24) is 19.3 Å². The average Bonchev–Trinajstić information content (AvgIpc) is 3.43. The maximum Gasteiger partial charge on any atom is 0.196 e. The normalized spacial score (nSPS) is 10.8. The first-order valence-electron chi connectivity index (χ1n) is 9.62. The maximum absolute atomic E-state index is 12.7. The molecule has 0 saturated carbocycles. The Kier molecular flexibility index (Phi) is 6.08. The molecule has 0 amide bonds. The number of ketones is 1. The van der Waals surface area contributed by atoms with E-state index in [-0.39, 0.29) is 11.5 Å². The van der Waals surface area contributed by atoms with E-state index in [9.17, 15) is 4.79 Å². The summed E-state index contributed by atoms with van der Waals surface area (Å²) in [5.41, 5.74) is 2.40. The number of carbonyl (C=O) groups is 1. The van der Waals surface area contributed by atoms with Crippen LogP contribution >= 0.6 is 11.8 Å². The molecule has 0 atom stereocenters. The summed E-state index contributed by atoms with van der Waals surface area (Å²) in [6.07, 6.45) is 1.86. The first-order valence-corrected chi connectivity index (χ1v) is 10.6. The summed E-state index contributed by atoms with van der Waals surface area (Å²) in [5, 5.41) is 9.45. The van der Waals surface area contributed by atoms with Crippen molar-refractivity contribution in [3.8, 4) is 28.6 Å². The zero-order chi connectivity index (χ0) is 21.8. The molecule has 0 N–H and O–H groups in total. The number of benzene rings is 2. The highest BCUT2D eigenvalue weighted by molar-refractivity contribution is 7.99. The fourth-order valence-corrected chi connectivity index (χ4v) is 4.06. The number of ether oxygens (including phenoxy) is 2. The summed E-state index contributed by atoms with van der Waals surface area (Å²) in [6, 6.07) is 19.0. The van der Waals surface area contributed by atoms with Crippen LogP contribution in [0, 0.1) is 0 Å². The summed E-state index contributed by atoms with van der Waals surface area (Å²) in [7, 11) is 5.12. The third kappa shape index (κ3) is 4.34. The average molecular weight is 435 g/mol. The van der Waals surface area contributed by atoms with Crippen LogP contribution in [0.5, 0.6) is 11.5 Å². The van der Waals surface area contributed by atoms with Crippen molar-refractivity contribution in [2.45, 2.75) is 5.16 Å². The van der Waals surface area contributed by atoms with Crippen molar-refractivity contribution in [2.24, 2.45) is 7.05 Å². The highest BCUT2D eigenvalue weighted by Gasteiger charge is 2.19. The number of methoxy groups -OCH3 is 2. The van der Waals surface area contributed by atoms with Crippen LogP contribution in [0.15, 0.2) is 72.0 Å². The van der Waals surface area contributed by atoms with Gasteiger partial charge < -0.3 is 14.0 Å². The van der Waals surface area contributed by atoms with Gasteiger partial charge in [0.1, 0.15) is 11.5 Å². The molecule has 4 rings (SSSR count). The zero-order valence-electron chi connectivity index (χ0n) is 17.5. The molecule has 31 heavy (non-hydrogen) atoms. The van der Waals surface area contributed by atoms with E-state index < -0.39 is 0 Å². The lowest BCUT2D eigenvalue weighted by Gasteiger charge is -2.11. The van der Waals surface area contributed by atoms with E-state index in [1.54, 1.807) is 14.2 Å². The molecule has 0 unspecified atom stereocenters. The molecule has 0 fully saturated rings. The van der Waals surface area contributed by atoms with Crippen LogP contribution < -0.4 is 9.47 Å². The summed E-state index contributed by atoms with van der Waals surface area (Å²) >= 11 is 1.36. The Morgan fingerprint density at radius 1 is 0.968 bits per heavy atom. The number of aromatic nitrogens is 4. The van der Waals surface area contributed by atoms with Crippen molar-refractivity contribution < 1.29 is 14.3 Å².